The first-order valence-electron chi connectivity index (χ1n) is 4.95. The first-order chi connectivity index (χ1) is 8.00. The summed E-state index contributed by atoms with van der Waals surface area (Å²) in [5.74, 6) is 0.263. The highest BCUT2D eigenvalue weighted by Gasteiger charge is 2.36. The zero-order chi connectivity index (χ0) is 12.9. The summed E-state index contributed by atoms with van der Waals surface area (Å²) in [5, 5.41) is 0. The standard InChI is InChI=1S/C12H11F3OS/c1-2-17-11(12(13,14)15)10(8-16)9-6-4-3-5-7-9/h3-8H,2H2,1H3/b11-10+. The van der Waals surface area contributed by atoms with Gasteiger partial charge in [-0.25, -0.2) is 0 Å². The summed E-state index contributed by atoms with van der Waals surface area (Å²) in [6.07, 6.45) is -4.23. The van der Waals surface area contributed by atoms with Crippen molar-refractivity contribution in [2.24, 2.45) is 0 Å². The van der Waals surface area contributed by atoms with Crippen molar-refractivity contribution < 1.29 is 18.0 Å². The SMILES string of the molecule is CCS/C(=C(\C=O)c1ccccc1)C(F)(F)F. The molecule has 1 aromatic rings. The molecule has 1 rings (SSSR count). The van der Waals surface area contributed by atoms with Crippen molar-refractivity contribution in [2.75, 3.05) is 5.75 Å². The Morgan fingerprint density at radius 3 is 2.29 bits per heavy atom. The second-order valence-electron chi connectivity index (χ2n) is 3.16. The van der Waals surface area contributed by atoms with Crippen LogP contribution < -0.4 is 0 Å². The lowest BCUT2D eigenvalue weighted by Gasteiger charge is -2.13. The maximum Gasteiger partial charge on any atom is 0.422 e. The number of hydrogen-bond donors (Lipinski definition) is 0. The van der Waals surface area contributed by atoms with Gasteiger partial charge in [-0.2, -0.15) is 13.2 Å². The van der Waals surface area contributed by atoms with Crippen LogP contribution in [0.25, 0.3) is 5.57 Å². The molecule has 17 heavy (non-hydrogen) atoms. The van der Waals surface area contributed by atoms with Crippen molar-refractivity contribution in [1.29, 1.82) is 0 Å². The molecule has 0 amide bonds. The molecule has 0 N–H and O–H groups in total. The van der Waals surface area contributed by atoms with E-state index >= 15 is 0 Å². The number of rotatable bonds is 4. The van der Waals surface area contributed by atoms with Crippen molar-refractivity contribution in [3.8, 4) is 0 Å². The molecule has 92 valence electrons. The molecule has 0 saturated carbocycles. The Balaban J connectivity index is 3.32. The lowest BCUT2D eigenvalue weighted by atomic mass is 10.1. The van der Waals surface area contributed by atoms with E-state index in [0.29, 0.717) is 11.8 Å². The van der Waals surface area contributed by atoms with Crippen LogP contribution in [0.15, 0.2) is 35.2 Å². The van der Waals surface area contributed by atoms with Crippen molar-refractivity contribution in [2.45, 2.75) is 13.1 Å². The van der Waals surface area contributed by atoms with E-state index in [9.17, 15) is 18.0 Å². The number of alkyl halides is 3. The minimum atomic E-state index is -4.49. The average molecular weight is 260 g/mol. The van der Waals surface area contributed by atoms with Gasteiger partial charge < -0.3 is 0 Å². The van der Waals surface area contributed by atoms with Gasteiger partial charge in [0.15, 0.2) is 6.29 Å². The number of benzene rings is 1. The molecule has 0 saturated heterocycles. The quantitative estimate of drug-likeness (QED) is 0.603. The van der Waals surface area contributed by atoms with Gasteiger partial charge in [-0.05, 0) is 11.3 Å². The number of carbonyl (C=O) groups excluding carboxylic acids is 1. The van der Waals surface area contributed by atoms with E-state index in [-0.39, 0.29) is 23.2 Å². The van der Waals surface area contributed by atoms with Crippen LogP contribution in [0.1, 0.15) is 12.5 Å². The first-order valence-corrected chi connectivity index (χ1v) is 5.94. The molecular weight excluding hydrogens is 249 g/mol. The van der Waals surface area contributed by atoms with Crippen molar-refractivity contribution >= 4 is 23.6 Å². The van der Waals surface area contributed by atoms with Crippen LogP contribution in [-0.2, 0) is 4.79 Å². The normalized spacial score (nSPS) is 13.2. The maximum atomic E-state index is 12.8. The van der Waals surface area contributed by atoms with Crippen LogP contribution in [0.4, 0.5) is 13.2 Å². The van der Waals surface area contributed by atoms with Gasteiger partial charge >= 0.3 is 6.18 Å². The van der Waals surface area contributed by atoms with Crippen LogP contribution >= 0.6 is 11.8 Å². The second-order valence-corrected chi connectivity index (χ2v) is 4.43. The summed E-state index contributed by atoms with van der Waals surface area (Å²) in [6.45, 7) is 1.61. The molecule has 0 unspecified atom stereocenters. The summed E-state index contributed by atoms with van der Waals surface area (Å²) in [4.78, 5) is 10.1. The van der Waals surface area contributed by atoms with Gasteiger partial charge in [0.1, 0.15) is 0 Å². The number of halogens is 3. The largest absolute Gasteiger partial charge is 0.422 e. The Morgan fingerprint density at radius 2 is 1.88 bits per heavy atom. The molecule has 0 aliphatic carbocycles. The van der Waals surface area contributed by atoms with Gasteiger partial charge in [-0.15, -0.1) is 11.8 Å². The van der Waals surface area contributed by atoms with Crippen molar-refractivity contribution in [3.63, 3.8) is 0 Å². The molecule has 1 aromatic carbocycles. The van der Waals surface area contributed by atoms with Gasteiger partial charge in [0.05, 0.1) is 4.91 Å². The minimum absolute atomic E-state index is 0.263. The van der Waals surface area contributed by atoms with Crippen LogP contribution in [-0.4, -0.2) is 18.2 Å². The molecule has 0 radical (unpaired) electrons. The third kappa shape index (κ3) is 3.63. The second kappa shape index (κ2) is 5.91. The molecule has 0 spiro atoms. The molecule has 0 bridgehead atoms. The molecule has 0 fully saturated rings. The zero-order valence-corrected chi connectivity index (χ0v) is 9.94. The molecule has 0 aliphatic heterocycles. The average Bonchev–Trinajstić information content (AvgIpc) is 2.29. The van der Waals surface area contributed by atoms with E-state index in [1.54, 1.807) is 25.1 Å². The molecule has 0 aliphatic rings. The Kier molecular flexibility index (Phi) is 4.81. The number of carbonyl (C=O) groups is 1. The van der Waals surface area contributed by atoms with E-state index in [1.807, 2.05) is 0 Å². The van der Waals surface area contributed by atoms with Crippen LogP contribution in [0.5, 0.6) is 0 Å². The monoisotopic (exact) mass is 260 g/mol. The number of aldehydes is 1. The third-order valence-corrected chi connectivity index (χ3v) is 3.02. The fourth-order valence-electron chi connectivity index (χ4n) is 1.33. The van der Waals surface area contributed by atoms with E-state index in [2.05, 4.69) is 0 Å². The summed E-state index contributed by atoms with van der Waals surface area (Å²) < 4.78 is 38.4. The predicted molar refractivity (Wildman–Crippen MR) is 63.6 cm³/mol. The van der Waals surface area contributed by atoms with Crippen LogP contribution in [0.3, 0.4) is 0 Å². The number of allylic oxidation sites excluding steroid dienone is 2. The van der Waals surface area contributed by atoms with Gasteiger partial charge in [0.2, 0.25) is 0 Å². The van der Waals surface area contributed by atoms with Crippen LogP contribution in [0.2, 0.25) is 0 Å². The third-order valence-electron chi connectivity index (χ3n) is 1.99. The highest BCUT2D eigenvalue weighted by molar-refractivity contribution is 8.03. The smallest absolute Gasteiger partial charge is 0.298 e. The van der Waals surface area contributed by atoms with Gasteiger partial charge in [-0.3, -0.25) is 4.79 Å². The van der Waals surface area contributed by atoms with Crippen LogP contribution in [0, 0.1) is 0 Å². The Morgan fingerprint density at radius 1 is 1.29 bits per heavy atom. The summed E-state index contributed by atoms with van der Waals surface area (Å²) in [7, 11) is 0. The lowest BCUT2D eigenvalue weighted by molar-refractivity contribution is -0.104. The summed E-state index contributed by atoms with van der Waals surface area (Å²) in [5.41, 5.74) is -0.0132. The van der Waals surface area contributed by atoms with E-state index in [4.69, 9.17) is 0 Å². The summed E-state index contributed by atoms with van der Waals surface area (Å²) in [6, 6.07) is 7.87. The fourth-order valence-corrected chi connectivity index (χ4v) is 2.10. The molecule has 0 heterocycles. The van der Waals surface area contributed by atoms with Gasteiger partial charge in [0, 0.05) is 5.57 Å². The van der Waals surface area contributed by atoms with Crippen molar-refractivity contribution in [1.82, 2.24) is 0 Å². The Bertz CT molecular complexity index is 410. The van der Waals surface area contributed by atoms with Gasteiger partial charge in [0.25, 0.3) is 0 Å². The highest BCUT2D eigenvalue weighted by atomic mass is 32.2. The highest BCUT2D eigenvalue weighted by Crippen LogP contribution is 2.39. The Labute approximate surface area is 102 Å². The first kappa shape index (κ1) is 13.8. The molecule has 5 heteroatoms. The summed E-state index contributed by atoms with van der Waals surface area (Å²) >= 11 is 0.634. The van der Waals surface area contributed by atoms with E-state index in [0.717, 1.165) is 0 Å². The maximum absolute atomic E-state index is 12.8. The Hall–Kier alpha value is -1.23. The lowest BCUT2D eigenvalue weighted by Crippen LogP contribution is -2.12. The number of thioether (sulfide) groups is 1. The minimum Gasteiger partial charge on any atom is -0.298 e. The van der Waals surface area contributed by atoms with E-state index in [1.165, 1.54) is 12.1 Å². The van der Waals surface area contributed by atoms with Crippen molar-refractivity contribution in [3.05, 3.63) is 40.8 Å². The van der Waals surface area contributed by atoms with Gasteiger partial charge in [-0.1, -0.05) is 37.3 Å². The topological polar surface area (TPSA) is 17.1 Å². The molecular formula is C12H11F3OS. The number of hydrogen-bond acceptors (Lipinski definition) is 2. The fraction of sp³-hybridized carbons (Fsp3) is 0.250. The predicted octanol–water partition coefficient (Wildman–Crippen LogP) is 3.91. The molecule has 0 atom stereocenters. The zero-order valence-electron chi connectivity index (χ0n) is 9.12. The molecule has 0 aromatic heterocycles. The van der Waals surface area contributed by atoms with E-state index < -0.39 is 11.1 Å². The molecule has 1 nitrogen and oxygen atoms in total.